The van der Waals surface area contributed by atoms with Gasteiger partial charge in [0, 0.05) is 35.8 Å². The number of H-pyrrole nitrogens is 1. The molecule has 0 spiro atoms. The van der Waals surface area contributed by atoms with Gasteiger partial charge in [-0.15, -0.1) is 0 Å². The molecule has 2 aromatic rings. The Morgan fingerprint density at radius 3 is 3.00 bits per heavy atom. The molecule has 0 saturated heterocycles. The largest absolute Gasteiger partial charge is 0.410 e. The van der Waals surface area contributed by atoms with Crippen LogP contribution in [0.4, 0.5) is 0 Å². The molecule has 1 aromatic carbocycles. The highest BCUT2D eigenvalue weighted by Crippen LogP contribution is 2.21. The number of thioether (sulfide) groups is 1. The Morgan fingerprint density at radius 2 is 2.29 bits per heavy atom. The molecule has 2 rings (SSSR count). The van der Waals surface area contributed by atoms with E-state index in [2.05, 4.69) is 15.5 Å². The Balaban J connectivity index is 2.14. The number of carbonyl (C=O) groups is 1. The molecular weight excluding hydrogens is 286 g/mol. The number of hydrogen-bond acceptors (Lipinski definition) is 4. The van der Waals surface area contributed by atoms with Crippen molar-refractivity contribution >= 4 is 34.3 Å². The van der Waals surface area contributed by atoms with Crippen molar-refractivity contribution in [2.45, 2.75) is 13.3 Å². The van der Waals surface area contributed by atoms with Crippen molar-refractivity contribution < 1.29 is 10.0 Å². The molecule has 1 amide bonds. The number of aromatic nitrogens is 1. The number of rotatable bonds is 6. The second kappa shape index (κ2) is 7.17. The van der Waals surface area contributed by atoms with Crippen LogP contribution in [0.15, 0.2) is 29.6 Å². The number of carbonyl (C=O) groups excluding carboxylic acids is 1. The predicted octanol–water partition coefficient (Wildman–Crippen LogP) is 2.33. The maximum Gasteiger partial charge on any atom is 0.269 e. The summed E-state index contributed by atoms with van der Waals surface area (Å²) in [7, 11) is 0. The van der Waals surface area contributed by atoms with Crippen molar-refractivity contribution in [3.05, 3.63) is 35.5 Å². The number of nitrogens with one attached hydrogen (secondary N) is 2. The molecule has 0 unspecified atom stereocenters. The zero-order valence-electron chi connectivity index (χ0n) is 12.1. The number of benzene rings is 1. The Morgan fingerprint density at radius 1 is 1.48 bits per heavy atom. The van der Waals surface area contributed by atoms with E-state index in [1.165, 1.54) is 0 Å². The van der Waals surface area contributed by atoms with Crippen molar-refractivity contribution in [3.8, 4) is 0 Å². The molecule has 0 fully saturated rings. The van der Waals surface area contributed by atoms with E-state index in [-0.39, 0.29) is 11.6 Å². The van der Waals surface area contributed by atoms with Gasteiger partial charge in [-0.05, 0) is 24.3 Å². The van der Waals surface area contributed by atoms with Gasteiger partial charge in [0.15, 0.2) is 0 Å². The van der Waals surface area contributed by atoms with E-state index in [0.717, 1.165) is 27.8 Å². The van der Waals surface area contributed by atoms with Crippen LogP contribution < -0.4 is 5.32 Å². The van der Waals surface area contributed by atoms with Gasteiger partial charge in [-0.2, -0.15) is 11.8 Å². The van der Waals surface area contributed by atoms with E-state index in [9.17, 15) is 4.79 Å². The fourth-order valence-electron chi connectivity index (χ4n) is 2.22. The van der Waals surface area contributed by atoms with Crippen LogP contribution >= 0.6 is 11.8 Å². The summed E-state index contributed by atoms with van der Waals surface area (Å²) in [4.78, 5) is 15.2. The number of fused-ring (bicyclic) bond motifs is 1. The van der Waals surface area contributed by atoms with E-state index in [4.69, 9.17) is 5.21 Å². The normalized spacial score (nSPS) is 11.8. The average Bonchev–Trinajstić information content (AvgIpc) is 2.89. The lowest BCUT2D eigenvalue weighted by Gasteiger charge is -2.05. The number of nitrogens with zero attached hydrogens (tertiary/aromatic N) is 1. The number of aryl methyl sites for hydroxylation is 1. The quantitative estimate of drug-likeness (QED) is 0.332. The van der Waals surface area contributed by atoms with Gasteiger partial charge in [-0.25, -0.2) is 0 Å². The first-order valence-corrected chi connectivity index (χ1v) is 8.10. The standard InChI is InChI=1S/C15H19N3O2S/c1-10-4-3-5-12-11(9-17-14(10)12)8-13(18-20)15(19)16-6-7-21-2/h3-5,9,17,20H,6-8H2,1-2H3,(H,16,19)/b18-13+. The molecule has 1 heterocycles. The highest BCUT2D eigenvalue weighted by atomic mass is 32.2. The molecular formula is C15H19N3O2S. The maximum atomic E-state index is 12.0. The molecule has 1 aromatic heterocycles. The number of para-hydroxylation sites is 1. The van der Waals surface area contributed by atoms with E-state index in [0.29, 0.717) is 13.0 Å². The van der Waals surface area contributed by atoms with Crippen LogP contribution in [0.5, 0.6) is 0 Å². The number of oxime groups is 1. The zero-order chi connectivity index (χ0) is 15.2. The fourth-order valence-corrected chi connectivity index (χ4v) is 2.53. The lowest BCUT2D eigenvalue weighted by Crippen LogP contribution is -2.33. The molecule has 112 valence electrons. The van der Waals surface area contributed by atoms with Gasteiger partial charge >= 0.3 is 0 Å². The summed E-state index contributed by atoms with van der Waals surface area (Å²) in [6, 6.07) is 6.00. The molecule has 0 atom stereocenters. The van der Waals surface area contributed by atoms with Gasteiger partial charge in [0.1, 0.15) is 5.71 Å². The van der Waals surface area contributed by atoms with Crippen LogP contribution in [-0.4, -0.2) is 40.4 Å². The Kier molecular flexibility index (Phi) is 5.27. The van der Waals surface area contributed by atoms with E-state index in [1.54, 1.807) is 11.8 Å². The number of amides is 1. The summed E-state index contributed by atoms with van der Waals surface area (Å²) in [5.74, 6) is 0.505. The summed E-state index contributed by atoms with van der Waals surface area (Å²) >= 11 is 1.65. The van der Waals surface area contributed by atoms with Gasteiger partial charge < -0.3 is 15.5 Å². The van der Waals surface area contributed by atoms with Gasteiger partial charge in [0.25, 0.3) is 5.91 Å². The maximum absolute atomic E-state index is 12.0. The Labute approximate surface area is 127 Å². The van der Waals surface area contributed by atoms with E-state index in [1.807, 2.05) is 37.6 Å². The zero-order valence-corrected chi connectivity index (χ0v) is 13.0. The topological polar surface area (TPSA) is 77.5 Å². The van der Waals surface area contributed by atoms with Crippen molar-refractivity contribution in [1.29, 1.82) is 0 Å². The SMILES string of the molecule is CSCCNC(=O)/C(Cc1c[nH]c2c(C)cccc12)=N/O. The molecule has 0 bridgehead atoms. The summed E-state index contributed by atoms with van der Waals surface area (Å²) in [6.07, 6.45) is 4.13. The minimum atomic E-state index is -0.325. The van der Waals surface area contributed by atoms with Gasteiger partial charge in [0.2, 0.25) is 0 Å². The monoisotopic (exact) mass is 305 g/mol. The van der Waals surface area contributed by atoms with Gasteiger partial charge in [-0.1, -0.05) is 23.4 Å². The summed E-state index contributed by atoms with van der Waals surface area (Å²) in [6.45, 7) is 2.59. The van der Waals surface area contributed by atoms with Crippen LogP contribution in [0.3, 0.4) is 0 Å². The summed E-state index contributed by atoms with van der Waals surface area (Å²) < 4.78 is 0. The van der Waals surface area contributed by atoms with E-state index >= 15 is 0 Å². The number of hydrogen-bond donors (Lipinski definition) is 3. The first-order valence-electron chi connectivity index (χ1n) is 6.71. The van der Waals surface area contributed by atoms with Crippen molar-refractivity contribution in [1.82, 2.24) is 10.3 Å². The van der Waals surface area contributed by atoms with Crippen LogP contribution in [0, 0.1) is 6.92 Å². The Bertz CT molecular complexity index is 664. The van der Waals surface area contributed by atoms with Crippen LogP contribution in [0.2, 0.25) is 0 Å². The first-order chi connectivity index (χ1) is 10.2. The molecule has 5 nitrogen and oxygen atoms in total. The average molecular weight is 305 g/mol. The lowest BCUT2D eigenvalue weighted by molar-refractivity contribution is -0.114. The van der Waals surface area contributed by atoms with Crippen molar-refractivity contribution in [3.63, 3.8) is 0 Å². The van der Waals surface area contributed by atoms with E-state index < -0.39 is 0 Å². The molecule has 21 heavy (non-hydrogen) atoms. The van der Waals surface area contributed by atoms with Crippen LogP contribution in [0.1, 0.15) is 11.1 Å². The summed E-state index contributed by atoms with van der Waals surface area (Å²) in [5, 5.41) is 16.0. The Hall–Kier alpha value is -1.95. The molecule has 0 saturated carbocycles. The lowest BCUT2D eigenvalue weighted by atomic mass is 10.1. The van der Waals surface area contributed by atoms with Crippen LogP contribution in [-0.2, 0) is 11.2 Å². The second-order valence-electron chi connectivity index (χ2n) is 4.78. The third-order valence-electron chi connectivity index (χ3n) is 3.34. The van der Waals surface area contributed by atoms with Crippen molar-refractivity contribution in [2.75, 3.05) is 18.6 Å². The molecule has 0 radical (unpaired) electrons. The third kappa shape index (κ3) is 3.58. The van der Waals surface area contributed by atoms with Crippen LogP contribution in [0.25, 0.3) is 10.9 Å². The first kappa shape index (κ1) is 15.4. The molecule has 0 aliphatic carbocycles. The number of aromatic amines is 1. The van der Waals surface area contributed by atoms with Gasteiger partial charge in [-0.3, -0.25) is 4.79 Å². The highest BCUT2D eigenvalue weighted by Gasteiger charge is 2.15. The summed E-state index contributed by atoms with van der Waals surface area (Å²) in [5.41, 5.74) is 3.26. The smallest absolute Gasteiger partial charge is 0.269 e. The van der Waals surface area contributed by atoms with Gasteiger partial charge in [0.05, 0.1) is 0 Å². The predicted molar refractivity (Wildman–Crippen MR) is 87.4 cm³/mol. The fraction of sp³-hybridized carbons (Fsp3) is 0.333. The second-order valence-corrected chi connectivity index (χ2v) is 5.77. The minimum absolute atomic E-state index is 0.124. The minimum Gasteiger partial charge on any atom is -0.410 e. The molecule has 0 aliphatic heterocycles. The molecule has 6 heteroatoms. The van der Waals surface area contributed by atoms with Crippen molar-refractivity contribution in [2.24, 2.45) is 5.16 Å². The highest BCUT2D eigenvalue weighted by molar-refractivity contribution is 7.98. The molecule has 0 aliphatic rings. The third-order valence-corrected chi connectivity index (χ3v) is 3.95. The molecule has 3 N–H and O–H groups in total.